The van der Waals surface area contributed by atoms with Gasteiger partial charge in [0.2, 0.25) is 0 Å². The number of amides is 1. The second-order valence-electron chi connectivity index (χ2n) is 6.60. The van der Waals surface area contributed by atoms with Crippen molar-refractivity contribution in [3.8, 4) is 6.07 Å². The maximum atomic E-state index is 12.8. The van der Waals surface area contributed by atoms with Gasteiger partial charge in [-0.2, -0.15) is 10.4 Å². The zero-order valence-corrected chi connectivity index (χ0v) is 15.0. The number of hydrogen-bond donors (Lipinski definition) is 1. The zero-order chi connectivity index (χ0) is 17.9. The number of aromatic nitrogens is 2. The predicted molar refractivity (Wildman–Crippen MR) is 96.4 cm³/mol. The molecule has 5 nitrogen and oxygen atoms in total. The lowest BCUT2D eigenvalue weighted by molar-refractivity contribution is 0.0902. The van der Waals surface area contributed by atoms with Crippen LogP contribution in [0.5, 0.6) is 0 Å². The summed E-state index contributed by atoms with van der Waals surface area (Å²) in [5.41, 5.74) is 1.20. The van der Waals surface area contributed by atoms with Crippen LogP contribution in [0.1, 0.15) is 53.7 Å². The van der Waals surface area contributed by atoms with Crippen molar-refractivity contribution >= 4 is 17.5 Å². The monoisotopic (exact) mass is 356 g/mol. The Morgan fingerprint density at radius 3 is 2.64 bits per heavy atom. The first-order valence-corrected chi connectivity index (χ1v) is 8.93. The van der Waals surface area contributed by atoms with Crippen LogP contribution in [-0.4, -0.2) is 21.2 Å². The molecule has 1 aromatic heterocycles. The van der Waals surface area contributed by atoms with Crippen LogP contribution in [0.3, 0.4) is 0 Å². The first-order valence-electron chi connectivity index (χ1n) is 8.55. The maximum Gasteiger partial charge on any atom is 0.257 e. The number of rotatable bonds is 4. The van der Waals surface area contributed by atoms with Crippen molar-refractivity contribution in [2.24, 2.45) is 0 Å². The minimum absolute atomic E-state index is 0.308. The Bertz CT molecular complexity index is 801. The van der Waals surface area contributed by atoms with Crippen LogP contribution in [0.4, 0.5) is 0 Å². The maximum absolute atomic E-state index is 12.8. The molecule has 1 aliphatic carbocycles. The fourth-order valence-electron chi connectivity index (χ4n) is 3.37. The fraction of sp³-hybridized carbons (Fsp3) is 0.421. The van der Waals surface area contributed by atoms with E-state index in [2.05, 4.69) is 16.5 Å². The SMILES string of the molecule is Cc1nn(Cc2ccccc2)c(Cl)c1C(=O)NC1(C#N)CCCCC1. The number of benzene rings is 1. The molecule has 130 valence electrons. The lowest BCUT2D eigenvalue weighted by atomic mass is 9.82. The molecule has 2 aromatic rings. The number of nitrogens with one attached hydrogen (secondary N) is 1. The molecule has 1 amide bonds. The number of halogens is 1. The quantitative estimate of drug-likeness (QED) is 0.904. The summed E-state index contributed by atoms with van der Waals surface area (Å²) in [6.45, 7) is 2.26. The van der Waals surface area contributed by atoms with E-state index in [-0.39, 0.29) is 5.91 Å². The van der Waals surface area contributed by atoms with Gasteiger partial charge >= 0.3 is 0 Å². The molecule has 0 radical (unpaired) electrons. The highest BCUT2D eigenvalue weighted by Crippen LogP contribution is 2.29. The van der Waals surface area contributed by atoms with Gasteiger partial charge in [-0.3, -0.25) is 4.79 Å². The molecule has 1 aromatic carbocycles. The van der Waals surface area contributed by atoms with Gasteiger partial charge in [0, 0.05) is 0 Å². The van der Waals surface area contributed by atoms with Gasteiger partial charge in [0.25, 0.3) is 5.91 Å². The number of nitrogens with zero attached hydrogens (tertiary/aromatic N) is 3. The Morgan fingerprint density at radius 1 is 1.32 bits per heavy atom. The summed E-state index contributed by atoms with van der Waals surface area (Å²) < 4.78 is 1.63. The molecule has 0 atom stereocenters. The van der Waals surface area contributed by atoms with Gasteiger partial charge in [-0.05, 0) is 25.3 Å². The number of carbonyl (C=O) groups excluding carboxylic acids is 1. The molecule has 0 aliphatic heterocycles. The summed E-state index contributed by atoms with van der Waals surface area (Å²) >= 11 is 6.44. The highest BCUT2D eigenvalue weighted by atomic mass is 35.5. The first-order chi connectivity index (χ1) is 12.0. The largest absolute Gasteiger partial charge is 0.334 e. The molecule has 0 saturated heterocycles. The summed E-state index contributed by atoms with van der Waals surface area (Å²) in [5.74, 6) is -0.315. The normalized spacial score (nSPS) is 16.2. The third-order valence-corrected chi connectivity index (χ3v) is 5.13. The average molecular weight is 357 g/mol. The molecule has 1 fully saturated rings. The summed E-state index contributed by atoms with van der Waals surface area (Å²) in [4.78, 5) is 12.8. The van der Waals surface area contributed by atoms with Gasteiger partial charge in [0.05, 0.1) is 23.9 Å². The fourth-order valence-corrected chi connectivity index (χ4v) is 3.69. The molecule has 3 rings (SSSR count). The lowest BCUT2D eigenvalue weighted by Crippen LogP contribution is -2.48. The molecule has 0 spiro atoms. The predicted octanol–water partition coefficient (Wildman–Crippen LogP) is 3.85. The van der Waals surface area contributed by atoms with Gasteiger partial charge < -0.3 is 5.32 Å². The first kappa shape index (κ1) is 17.5. The van der Waals surface area contributed by atoms with E-state index in [1.165, 1.54) is 0 Å². The van der Waals surface area contributed by atoms with E-state index < -0.39 is 5.54 Å². The number of aryl methyl sites for hydroxylation is 1. The molecular formula is C19H21ClN4O. The van der Waals surface area contributed by atoms with E-state index in [0.29, 0.717) is 35.8 Å². The minimum atomic E-state index is -0.785. The van der Waals surface area contributed by atoms with Crippen LogP contribution in [0.25, 0.3) is 0 Å². The van der Waals surface area contributed by atoms with Crippen LogP contribution in [0.2, 0.25) is 5.15 Å². The smallest absolute Gasteiger partial charge is 0.257 e. The second-order valence-corrected chi connectivity index (χ2v) is 6.96. The highest BCUT2D eigenvalue weighted by Gasteiger charge is 2.35. The van der Waals surface area contributed by atoms with E-state index in [0.717, 1.165) is 24.8 Å². The summed E-state index contributed by atoms with van der Waals surface area (Å²) in [6, 6.07) is 12.1. The topological polar surface area (TPSA) is 70.7 Å². The van der Waals surface area contributed by atoms with E-state index in [4.69, 9.17) is 11.6 Å². The Balaban J connectivity index is 1.82. The van der Waals surface area contributed by atoms with E-state index in [9.17, 15) is 10.1 Å². The number of carbonyl (C=O) groups is 1. The second kappa shape index (κ2) is 7.28. The molecular weight excluding hydrogens is 336 g/mol. The summed E-state index contributed by atoms with van der Waals surface area (Å²) in [6.07, 6.45) is 4.38. The van der Waals surface area contributed by atoms with Crippen LogP contribution >= 0.6 is 11.6 Å². The molecule has 1 heterocycles. The summed E-state index contributed by atoms with van der Waals surface area (Å²) in [7, 11) is 0. The highest BCUT2D eigenvalue weighted by molar-refractivity contribution is 6.33. The third-order valence-electron chi connectivity index (χ3n) is 4.74. The van der Waals surface area contributed by atoms with Crippen LogP contribution in [-0.2, 0) is 6.54 Å². The standard InChI is InChI=1S/C19H21ClN4O/c1-14-16(18(25)22-19(13-21)10-6-3-7-11-19)17(20)24(23-14)12-15-8-4-2-5-9-15/h2,4-5,8-9H,3,6-7,10-12H2,1H3,(H,22,25). The van der Waals surface area contributed by atoms with Crippen molar-refractivity contribution in [3.05, 3.63) is 52.3 Å². The van der Waals surface area contributed by atoms with Crippen molar-refractivity contribution in [2.45, 2.75) is 51.1 Å². The van der Waals surface area contributed by atoms with Gasteiger partial charge in [-0.25, -0.2) is 4.68 Å². The molecule has 6 heteroatoms. The Labute approximate surface area is 152 Å². The van der Waals surface area contributed by atoms with Crippen LogP contribution < -0.4 is 5.32 Å². The van der Waals surface area contributed by atoms with E-state index in [1.807, 2.05) is 30.3 Å². The van der Waals surface area contributed by atoms with Crippen LogP contribution in [0, 0.1) is 18.3 Å². The van der Waals surface area contributed by atoms with Crippen molar-refractivity contribution in [1.29, 1.82) is 5.26 Å². The van der Waals surface area contributed by atoms with Gasteiger partial charge in [-0.1, -0.05) is 61.2 Å². The van der Waals surface area contributed by atoms with Gasteiger partial charge in [0.15, 0.2) is 0 Å². The molecule has 1 aliphatic rings. The zero-order valence-electron chi connectivity index (χ0n) is 14.3. The van der Waals surface area contributed by atoms with Crippen molar-refractivity contribution in [2.75, 3.05) is 0 Å². The van der Waals surface area contributed by atoms with E-state index >= 15 is 0 Å². The van der Waals surface area contributed by atoms with Gasteiger partial charge in [0.1, 0.15) is 10.7 Å². The molecule has 25 heavy (non-hydrogen) atoms. The molecule has 0 bridgehead atoms. The average Bonchev–Trinajstić information content (AvgIpc) is 2.90. The Hall–Kier alpha value is -2.32. The van der Waals surface area contributed by atoms with Crippen molar-refractivity contribution in [3.63, 3.8) is 0 Å². The van der Waals surface area contributed by atoms with Crippen molar-refractivity contribution in [1.82, 2.24) is 15.1 Å². The summed E-state index contributed by atoms with van der Waals surface area (Å²) in [5, 5.41) is 17.2. The molecule has 1 N–H and O–H groups in total. The molecule has 0 unspecified atom stereocenters. The minimum Gasteiger partial charge on any atom is -0.334 e. The van der Waals surface area contributed by atoms with Crippen molar-refractivity contribution < 1.29 is 4.79 Å². The Kier molecular flexibility index (Phi) is 5.10. The third kappa shape index (κ3) is 3.69. The van der Waals surface area contributed by atoms with E-state index in [1.54, 1.807) is 11.6 Å². The van der Waals surface area contributed by atoms with Gasteiger partial charge in [-0.15, -0.1) is 0 Å². The molecule has 1 saturated carbocycles. The number of nitriles is 1. The lowest BCUT2D eigenvalue weighted by Gasteiger charge is -2.31. The van der Waals surface area contributed by atoms with Crippen LogP contribution in [0.15, 0.2) is 30.3 Å². The Morgan fingerprint density at radius 2 is 2.00 bits per heavy atom. The number of hydrogen-bond acceptors (Lipinski definition) is 3.